The fourth-order valence-corrected chi connectivity index (χ4v) is 1.62. The molecule has 1 N–H and O–H groups in total. The van der Waals surface area contributed by atoms with E-state index in [4.69, 9.17) is 0 Å². The third-order valence-corrected chi connectivity index (χ3v) is 3.22. The minimum atomic E-state index is -2.79. The molecule has 0 heterocycles. The first-order chi connectivity index (χ1) is 6.33. The Balaban J connectivity index is 3.39. The lowest BCUT2D eigenvalue weighted by molar-refractivity contribution is 0.303. The first kappa shape index (κ1) is 13.9. The maximum Gasteiger partial charge on any atom is 0.147 e. The van der Waals surface area contributed by atoms with Crippen molar-refractivity contribution in [3.63, 3.8) is 0 Å². The molecule has 0 saturated heterocycles. The van der Waals surface area contributed by atoms with E-state index >= 15 is 0 Å². The first-order valence-corrected chi connectivity index (χ1v) is 6.94. The smallest absolute Gasteiger partial charge is 0.147 e. The molecule has 0 aromatic carbocycles. The van der Waals surface area contributed by atoms with E-state index in [-0.39, 0.29) is 5.75 Å². The summed E-state index contributed by atoms with van der Waals surface area (Å²) >= 11 is 0. The number of hydrogen-bond donors (Lipinski definition) is 1. The molecule has 1 unspecified atom stereocenters. The molecule has 0 saturated carbocycles. The summed E-state index contributed by atoms with van der Waals surface area (Å²) in [5.74, 6) is 0.274. The molecule has 1 atom stereocenters. The number of rotatable bonds is 7. The van der Waals surface area contributed by atoms with Crippen LogP contribution in [-0.4, -0.2) is 58.6 Å². The molecule has 0 aromatic heterocycles. The van der Waals surface area contributed by atoms with Gasteiger partial charge in [0.1, 0.15) is 9.84 Å². The minimum Gasteiger partial charge on any atom is -0.315 e. The molecule has 0 fully saturated rings. The second kappa shape index (κ2) is 6.37. The Morgan fingerprint density at radius 1 is 1.36 bits per heavy atom. The van der Waals surface area contributed by atoms with Crippen LogP contribution >= 0.6 is 0 Å². The van der Waals surface area contributed by atoms with Crippen LogP contribution in [-0.2, 0) is 9.84 Å². The van der Waals surface area contributed by atoms with Crippen molar-refractivity contribution in [3.8, 4) is 0 Å². The molecule has 86 valence electrons. The van der Waals surface area contributed by atoms with Gasteiger partial charge in [-0.25, -0.2) is 8.42 Å². The van der Waals surface area contributed by atoms with Gasteiger partial charge in [0.05, 0.1) is 5.75 Å². The first-order valence-electron chi connectivity index (χ1n) is 4.88. The summed E-state index contributed by atoms with van der Waals surface area (Å²) in [6.45, 7) is 3.80. The average Bonchev–Trinajstić information content (AvgIpc) is 2.01. The highest BCUT2D eigenvalue weighted by Gasteiger charge is 2.04. The molecule has 4 nitrogen and oxygen atoms in total. The highest BCUT2D eigenvalue weighted by Crippen LogP contribution is 1.90. The fraction of sp³-hybridized carbons (Fsp3) is 1.00. The van der Waals surface area contributed by atoms with Crippen LogP contribution in [0.25, 0.3) is 0 Å². The predicted molar refractivity (Wildman–Crippen MR) is 60.3 cm³/mol. The molecule has 0 rings (SSSR count). The Hall–Kier alpha value is -0.130. The zero-order valence-corrected chi connectivity index (χ0v) is 10.4. The molecule has 0 aliphatic carbocycles. The molecular formula is C9H22N2O2S. The fourth-order valence-electron chi connectivity index (χ4n) is 0.953. The van der Waals surface area contributed by atoms with Gasteiger partial charge in [-0.15, -0.1) is 0 Å². The Labute approximate surface area is 87.6 Å². The number of nitrogens with one attached hydrogen (secondary N) is 1. The predicted octanol–water partition coefficient (Wildman–Crippen LogP) is -0.0392. The topological polar surface area (TPSA) is 49.4 Å². The molecule has 0 bridgehead atoms. The summed E-state index contributed by atoms with van der Waals surface area (Å²) in [6.07, 6.45) is 1.97. The molecule has 0 aliphatic heterocycles. The van der Waals surface area contributed by atoms with Crippen molar-refractivity contribution < 1.29 is 8.42 Å². The molecule has 5 heteroatoms. The van der Waals surface area contributed by atoms with Crippen LogP contribution in [0.3, 0.4) is 0 Å². The lowest BCUT2D eigenvalue weighted by Crippen LogP contribution is -2.36. The van der Waals surface area contributed by atoms with E-state index in [1.54, 1.807) is 0 Å². The summed E-state index contributed by atoms with van der Waals surface area (Å²) in [6, 6.07) is 0.480. The number of likely N-dealkylation sites (N-methyl/N-ethyl adjacent to an activating group) is 1. The van der Waals surface area contributed by atoms with Gasteiger partial charge in [0.15, 0.2) is 0 Å². The van der Waals surface area contributed by atoms with E-state index in [1.165, 1.54) is 6.26 Å². The Bertz CT molecular complexity index is 237. The lowest BCUT2D eigenvalue weighted by atomic mass is 10.3. The maximum absolute atomic E-state index is 10.8. The average molecular weight is 222 g/mol. The van der Waals surface area contributed by atoms with Crippen molar-refractivity contribution in [2.45, 2.75) is 19.4 Å². The quantitative estimate of drug-likeness (QED) is 0.614. The van der Waals surface area contributed by atoms with Crippen LogP contribution in [0.2, 0.25) is 0 Å². The van der Waals surface area contributed by atoms with E-state index in [0.29, 0.717) is 12.5 Å². The van der Waals surface area contributed by atoms with Crippen molar-refractivity contribution >= 4 is 9.84 Å². The summed E-state index contributed by atoms with van der Waals surface area (Å²) in [5.41, 5.74) is 0. The second-order valence-corrected chi connectivity index (χ2v) is 6.26. The van der Waals surface area contributed by atoms with E-state index in [1.807, 2.05) is 14.1 Å². The van der Waals surface area contributed by atoms with Crippen LogP contribution < -0.4 is 5.32 Å². The molecule has 0 radical (unpaired) electrons. The van der Waals surface area contributed by atoms with Gasteiger partial charge < -0.3 is 10.2 Å². The normalized spacial score (nSPS) is 14.6. The lowest BCUT2D eigenvalue weighted by Gasteiger charge is -2.19. The van der Waals surface area contributed by atoms with Crippen molar-refractivity contribution in [1.82, 2.24) is 10.2 Å². The van der Waals surface area contributed by atoms with Crippen LogP contribution in [0.4, 0.5) is 0 Å². The van der Waals surface area contributed by atoms with Gasteiger partial charge in [0, 0.05) is 18.8 Å². The Morgan fingerprint density at radius 2 is 1.93 bits per heavy atom. The van der Waals surface area contributed by atoms with Crippen molar-refractivity contribution in [1.29, 1.82) is 0 Å². The Morgan fingerprint density at radius 3 is 2.36 bits per heavy atom. The van der Waals surface area contributed by atoms with Crippen LogP contribution in [0, 0.1) is 0 Å². The molecule has 0 aromatic rings. The third-order valence-electron chi connectivity index (χ3n) is 2.19. The van der Waals surface area contributed by atoms with Gasteiger partial charge in [0.25, 0.3) is 0 Å². The summed E-state index contributed by atoms with van der Waals surface area (Å²) in [4.78, 5) is 2.13. The number of hydrogen-bond acceptors (Lipinski definition) is 4. The zero-order valence-electron chi connectivity index (χ0n) is 9.58. The monoisotopic (exact) mass is 222 g/mol. The summed E-state index contributed by atoms with van der Waals surface area (Å²) < 4.78 is 21.6. The standard InChI is InChI=1S/C9H22N2O2S/c1-9(11(2)3)8-10-6-5-7-14(4,12)13/h9-10H,5-8H2,1-4H3. The van der Waals surface area contributed by atoms with E-state index < -0.39 is 9.84 Å². The van der Waals surface area contributed by atoms with Crippen LogP contribution in [0.5, 0.6) is 0 Å². The molecule has 14 heavy (non-hydrogen) atoms. The number of nitrogens with zero attached hydrogens (tertiary/aromatic N) is 1. The molecule has 0 amide bonds. The van der Waals surface area contributed by atoms with E-state index in [9.17, 15) is 8.42 Å². The molecule has 0 aliphatic rings. The number of sulfone groups is 1. The van der Waals surface area contributed by atoms with E-state index in [2.05, 4.69) is 17.1 Å². The van der Waals surface area contributed by atoms with Crippen molar-refractivity contribution in [2.24, 2.45) is 0 Å². The SMILES string of the molecule is CC(CNCCCS(C)(=O)=O)N(C)C. The second-order valence-electron chi connectivity index (χ2n) is 4.00. The third kappa shape index (κ3) is 8.47. The van der Waals surface area contributed by atoms with Gasteiger partial charge in [0.2, 0.25) is 0 Å². The van der Waals surface area contributed by atoms with Gasteiger partial charge in [-0.2, -0.15) is 0 Å². The summed E-state index contributed by atoms with van der Waals surface area (Å²) in [5, 5.41) is 3.23. The largest absolute Gasteiger partial charge is 0.315 e. The minimum absolute atomic E-state index is 0.274. The van der Waals surface area contributed by atoms with Crippen LogP contribution in [0.1, 0.15) is 13.3 Å². The van der Waals surface area contributed by atoms with Gasteiger partial charge >= 0.3 is 0 Å². The maximum atomic E-state index is 10.8. The van der Waals surface area contributed by atoms with Gasteiger partial charge in [-0.3, -0.25) is 0 Å². The Kier molecular flexibility index (Phi) is 6.31. The zero-order chi connectivity index (χ0) is 11.2. The van der Waals surface area contributed by atoms with E-state index in [0.717, 1.165) is 13.1 Å². The van der Waals surface area contributed by atoms with Crippen molar-refractivity contribution in [2.75, 3.05) is 39.2 Å². The highest BCUT2D eigenvalue weighted by atomic mass is 32.2. The molecular weight excluding hydrogens is 200 g/mol. The highest BCUT2D eigenvalue weighted by molar-refractivity contribution is 7.90. The van der Waals surface area contributed by atoms with Gasteiger partial charge in [-0.05, 0) is 34.0 Å². The summed E-state index contributed by atoms with van der Waals surface area (Å²) in [7, 11) is 1.27. The van der Waals surface area contributed by atoms with Crippen molar-refractivity contribution in [3.05, 3.63) is 0 Å². The molecule has 0 spiro atoms. The van der Waals surface area contributed by atoms with Crippen LogP contribution in [0.15, 0.2) is 0 Å². The van der Waals surface area contributed by atoms with Gasteiger partial charge in [-0.1, -0.05) is 0 Å².